The fraction of sp³-hybridized carbons (Fsp3) is 0.0938. The van der Waals surface area contributed by atoms with E-state index < -0.39 is 34.4 Å². The van der Waals surface area contributed by atoms with Gasteiger partial charge >= 0.3 is 5.69 Å². The van der Waals surface area contributed by atoms with E-state index >= 15 is 4.39 Å². The van der Waals surface area contributed by atoms with Gasteiger partial charge in [-0.05, 0) is 48.5 Å². The van der Waals surface area contributed by atoms with Gasteiger partial charge in [-0.25, -0.2) is 23.1 Å². The maximum absolute atomic E-state index is 15.3. The third-order valence-corrected chi connectivity index (χ3v) is 6.89. The van der Waals surface area contributed by atoms with Gasteiger partial charge in [0.25, 0.3) is 11.5 Å². The number of aromatic nitrogens is 4. The average molecular weight is 628 g/mol. The molecule has 0 radical (unpaired) electrons. The van der Waals surface area contributed by atoms with Crippen LogP contribution in [-0.4, -0.2) is 39.2 Å². The fourth-order valence-corrected chi connectivity index (χ4v) is 4.68. The van der Waals surface area contributed by atoms with Crippen LogP contribution in [0.1, 0.15) is 16.2 Å². The normalized spacial score (nSPS) is 11.0. The van der Waals surface area contributed by atoms with Crippen LogP contribution in [0.3, 0.4) is 0 Å². The summed E-state index contributed by atoms with van der Waals surface area (Å²) in [6, 6.07) is 13.2. The second-order valence-corrected chi connectivity index (χ2v) is 9.73. The minimum absolute atomic E-state index is 0.000902. The molecule has 232 valence electrons. The molecule has 3 heterocycles. The first kappa shape index (κ1) is 29.7. The molecule has 1 amide bonds. The monoisotopic (exact) mass is 627 g/mol. The lowest BCUT2D eigenvalue weighted by Crippen LogP contribution is -2.42. The largest absolute Gasteiger partial charge is 0.493 e. The summed E-state index contributed by atoms with van der Waals surface area (Å²) in [7, 11) is 2.98. The Morgan fingerprint density at radius 3 is 2.35 bits per heavy atom. The topological polar surface area (TPSA) is 140 Å². The number of halogens is 2. The predicted molar refractivity (Wildman–Crippen MR) is 161 cm³/mol. The Hall–Kier alpha value is -6.31. The summed E-state index contributed by atoms with van der Waals surface area (Å²) in [5.41, 5.74) is -1.70. The molecular formula is C32H23F2N5O7. The van der Waals surface area contributed by atoms with E-state index in [0.717, 1.165) is 33.5 Å². The molecule has 46 heavy (non-hydrogen) atoms. The fourth-order valence-electron chi connectivity index (χ4n) is 4.68. The van der Waals surface area contributed by atoms with Crippen molar-refractivity contribution in [2.24, 2.45) is 0 Å². The highest BCUT2D eigenvalue weighted by atomic mass is 19.1. The summed E-state index contributed by atoms with van der Waals surface area (Å²) >= 11 is 0. The van der Waals surface area contributed by atoms with Crippen molar-refractivity contribution in [1.82, 2.24) is 19.1 Å². The number of rotatable bonds is 9. The first-order chi connectivity index (χ1) is 22.2. The molecule has 14 heteroatoms. The molecule has 0 atom stereocenters. The maximum atomic E-state index is 15.3. The Labute approximate surface area is 258 Å². The van der Waals surface area contributed by atoms with E-state index in [1.165, 1.54) is 57.1 Å². The van der Waals surface area contributed by atoms with Gasteiger partial charge in [0.15, 0.2) is 23.1 Å². The molecule has 0 bridgehead atoms. The molecule has 6 rings (SSSR count). The highest BCUT2D eigenvalue weighted by molar-refractivity contribution is 6.04. The Morgan fingerprint density at radius 2 is 1.65 bits per heavy atom. The van der Waals surface area contributed by atoms with Gasteiger partial charge in [0.05, 0.1) is 31.6 Å². The number of carbonyl (C=O) groups excluding carboxylic acids is 1. The van der Waals surface area contributed by atoms with Crippen molar-refractivity contribution in [1.29, 1.82) is 0 Å². The molecule has 12 nitrogen and oxygen atoms in total. The molecular weight excluding hydrogens is 604 g/mol. The Bertz CT molecular complexity index is 2200. The molecule has 0 aliphatic rings. The van der Waals surface area contributed by atoms with Crippen LogP contribution in [0.15, 0.2) is 99.5 Å². The minimum atomic E-state index is -0.977. The van der Waals surface area contributed by atoms with Crippen molar-refractivity contribution >= 4 is 22.5 Å². The number of carbonyl (C=O) groups is 1. The summed E-state index contributed by atoms with van der Waals surface area (Å²) in [5.74, 6) is -1.18. The van der Waals surface area contributed by atoms with E-state index in [9.17, 15) is 18.8 Å². The number of hydrogen-bond donors (Lipinski definition) is 1. The molecule has 0 saturated heterocycles. The second kappa shape index (κ2) is 12.4. The summed E-state index contributed by atoms with van der Waals surface area (Å²) in [6.45, 7) is -0.212. The third kappa shape index (κ3) is 5.78. The maximum Gasteiger partial charge on any atom is 0.336 e. The summed E-state index contributed by atoms with van der Waals surface area (Å²) in [6.07, 6.45) is 5.22. The van der Waals surface area contributed by atoms with Crippen LogP contribution in [0, 0.1) is 11.6 Å². The average Bonchev–Trinajstić information content (AvgIpc) is 3.57. The summed E-state index contributed by atoms with van der Waals surface area (Å²) in [5, 5.41) is 3.02. The Morgan fingerprint density at radius 1 is 0.891 bits per heavy atom. The van der Waals surface area contributed by atoms with Gasteiger partial charge in [0.1, 0.15) is 29.9 Å². The predicted octanol–water partition coefficient (Wildman–Crippen LogP) is 4.92. The van der Waals surface area contributed by atoms with E-state index in [1.54, 1.807) is 18.2 Å². The number of hydrogen-bond acceptors (Lipinski definition) is 9. The third-order valence-electron chi connectivity index (χ3n) is 6.89. The molecule has 6 aromatic rings. The van der Waals surface area contributed by atoms with E-state index in [1.807, 2.05) is 0 Å². The number of oxazole rings is 1. The second-order valence-electron chi connectivity index (χ2n) is 9.73. The van der Waals surface area contributed by atoms with Crippen LogP contribution >= 0.6 is 0 Å². The molecule has 3 aromatic carbocycles. The number of ether oxygens (including phenoxy) is 3. The van der Waals surface area contributed by atoms with Gasteiger partial charge in [-0.2, -0.15) is 0 Å². The molecule has 1 N–H and O–H groups in total. The van der Waals surface area contributed by atoms with Crippen LogP contribution < -0.4 is 30.8 Å². The standard InChI is InChI=1S/C32H23F2N5O7/c1-43-27-14-21-24(15-28(27)44-2)35-10-9-25(21)46-26-8-5-19(13-23(26)34)37-30(40)22-16-38(17-29-36-11-12-45-29)32(42)39(31(22)41)20-6-3-18(33)4-7-20/h3-16H,17H2,1-2H3,(H,37,40). The minimum Gasteiger partial charge on any atom is -0.493 e. The van der Waals surface area contributed by atoms with Crippen LogP contribution in [0.5, 0.6) is 23.0 Å². The van der Waals surface area contributed by atoms with Gasteiger partial charge in [-0.3, -0.25) is 19.1 Å². The van der Waals surface area contributed by atoms with Crippen LogP contribution in [-0.2, 0) is 6.54 Å². The Balaban J connectivity index is 1.31. The molecule has 3 aromatic heterocycles. The summed E-state index contributed by atoms with van der Waals surface area (Å²) < 4.78 is 52.4. The van der Waals surface area contributed by atoms with E-state index in [2.05, 4.69) is 15.3 Å². The van der Waals surface area contributed by atoms with Crippen LogP contribution in [0.2, 0.25) is 0 Å². The number of methoxy groups -OCH3 is 2. The zero-order chi connectivity index (χ0) is 32.4. The van der Waals surface area contributed by atoms with E-state index in [4.69, 9.17) is 18.6 Å². The van der Waals surface area contributed by atoms with Gasteiger partial charge in [-0.1, -0.05) is 0 Å². The number of anilines is 1. The van der Waals surface area contributed by atoms with Gasteiger partial charge < -0.3 is 23.9 Å². The first-order valence-electron chi connectivity index (χ1n) is 13.6. The molecule has 0 spiro atoms. The van der Waals surface area contributed by atoms with Crippen molar-refractivity contribution in [2.45, 2.75) is 6.54 Å². The zero-order valence-corrected chi connectivity index (χ0v) is 24.2. The number of fused-ring (bicyclic) bond motifs is 1. The van der Waals surface area contributed by atoms with Crippen LogP contribution in [0.25, 0.3) is 16.6 Å². The number of benzene rings is 3. The highest BCUT2D eigenvalue weighted by Crippen LogP contribution is 2.37. The van der Waals surface area contributed by atoms with Crippen molar-refractivity contribution in [2.75, 3.05) is 19.5 Å². The quantitative estimate of drug-likeness (QED) is 0.237. The van der Waals surface area contributed by atoms with Crippen LogP contribution in [0.4, 0.5) is 14.5 Å². The Kier molecular flexibility index (Phi) is 7.99. The lowest BCUT2D eigenvalue weighted by Gasteiger charge is -2.14. The summed E-state index contributed by atoms with van der Waals surface area (Å²) in [4.78, 5) is 48.3. The highest BCUT2D eigenvalue weighted by Gasteiger charge is 2.21. The lowest BCUT2D eigenvalue weighted by atomic mass is 10.1. The zero-order valence-electron chi connectivity index (χ0n) is 24.2. The van der Waals surface area contributed by atoms with Crippen molar-refractivity contribution in [3.05, 3.63) is 129 Å². The molecule has 0 aliphatic heterocycles. The van der Waals surface area contributed by atoms with Gasteiger partial charge in [-0.15, -0.1) is 0 Å². The van der Waals surface area contributed by atoms with Gasteiger partial charge in [0.2, 0.25) is 5.89 Å². The van der Waals surface area contributed by atoms with E-state index in [-0.39, 0.29) is 35.3 Å². The number of pyridine rings is 1. The van der Waals surface area contributed by atoms with E-state index in [0.29, 0.717) is 22.4 Å². The van der Waals surface area contributed by atoms with Crippen molar-refractivity contribution < 1.29 is 32.2 Å². The molecule has 0 saturated carbocycles. The number of nitrogens with one attached hydrogen (secondary N) is 1. The molecule has 0 aliphatic carbocycles. The SMILES string of the molecule is COc1cc2nccc(Oc3ccc(NC(=O)c4cn(Cc5ncco5)c(=O)n(-c5ccc(F)cc5)c4=O)cc3F)c2cc1OC. The molecule has 0 fully saturated rings. The van der Waals surface area contributed by atoms with Crippen molar-refractivity contribution in [3.63, 3.8) is 0 Å². The van der Waals surface area contributed by atoms with Crippen molar-refractivity contribution in [3.8, 4) is 28.7 Å². The van der Waals surface area contributed by atoms with Gasteiger partial charge in [0, 0.05) is 35.6 Å². The number of nitrogens with zero attached hydrogens (tertiary/aromatic N) is 4. The smallest absolute Gasteiger partial charge is 0.336 e. The lowest BCUT2D eigenvalue weighted by molar-refractivity contribution is 0.102. The first-order valence-corrected chi connectivity index (χ1v) is 13.6. The molecule has 0 unspecified atom stereocenters. The number of amides is 1.